The van der Waals surface area contributed by atoms with Gasteiger partial charge in [-0.2, -0.15) is 0 Å². The highest BCUT2D eigenvalue weighted by atomic mass is 14.9. The fourth-order valence-electron chi connectivity index (χ4n) is 1.34. The molecule has 1 aromatic rings. The Kier molecular flexibility index (Phi) is 2.17. The molecule has 3 nitrogen and oxygen atoms in total. The summed E-state index contributed by atoms with van der Waals surface area (Å²) in [4.78, 5) is 12.4. The zero-order valence-corrected chi connectivity index (χ0v) is 7.51. The van der Waals surface area contributed by atoms with E-state index in [4.69, 9.17) is 0 Å². The zero-order valence-electron chi connectivity index (χ0n) is 7.51. The number of aliphatic imine (C=N–C) groups is 2. The minimum Gasteiger partial charge on any atom is -0.273 e. The Morgan fingerprint density at radius 3 is 2.69 bits per heavy atom. The van der Waals surface area contributed by atoms with E-state index in [2.05, 4.69) is 21.0 Å². The topological polar surface area (TPSA) is 37.6 Å². The van der Waals surface area contributed by atoms with Crippen LogP contribution in [0.5, 0.6) is 0 Å². The molecule has 0 N–H and O–H groups in total. The summed E-state index contributed by atoms with van der Waals surface area (Å²) in [5.74, 6) is 0.209. The van der Waals surface area contributed by atoms with Gasteiger partial charge in [0.1, 0.15) is 6.67 Å². The van der Waals surface area contributed by atoms with E-state index < -0.39 is 0 Å². The molecule has 0 saturated heterocycles. The molecule has 0 unspecified atom stereocenters. The summed E-state index contributed by atoms with van der Waals surface area (Å²) in [7, 11) is 0. The molecule has 13 heavy (non-hydrogen) atoms. The Bertz CT molecular complexity index is 343. The van der Waals surface area contributed by atoms with Crippen LogP contribution in [0.3, 0.4) is 0 Å². The van der Waals surface area contributed by atoms with Crippen LogP contribution in [0.2, 0.25) is 0 Å². The molecule has 0 saturated carbocycles. The molecule has 1 aromatic heterocycles. The second-order valence-electron chi connectivity index (χ2n) is 3.13. The van der Waals surface area contributed by atoms with Crippen LogP contribution in [-0.2, 0) is 0 Å². The lowest BCUT2D eigenvalue weighted by Gasteiger charge is -2.09. The summed E-state index contributed by atoms with van der Waals surface area (Å²) in [5.41, 5.74) is 2.33. The highest BCUT2D eigenvalue weighted by Crippen LogP contribution is 2.13. The summed E-state index contributed by atoms with van der Waals surface area (Å²) >= 11 is 0. The van der Waals surface area contributed by atoms with Gasteiger partial charge in [-0.1, -0.05) is 6.07 Å². The third-order valence-electron chi connectivity index (χ3n) is 1.98. The van der Waals surface area contributed by atoms with Crippen molar-refractivity contribution in [1.82, 2.24) is 4.98 Å². The normalized spacial score (nSPS) is 16.4. The largest absolute Gasteiger partial charge is 0.273 e. The molecule has 0 amide bonds. The van der Waals surface area contributed by atoms with Crippen LogP contribution in [0.1, 0.15) is 17.0 Å². The molecule has 1 aliphatic rings. The first kappa shape index (κ1) is 8.10. The number of aryl methyl sites for hydroxylation is 1. The molecule has 3 heteroatoms. The van der Waals surface area contributed by atoms with Crippen molar-refractivity contribution in [2.24, 2.45) is 9.98 Å². The SMILES string of the molecule is Cc1cncc(C2C=NCN=C2)c1. The fourth-order valence-corrected chi connectivity index (χ4v) is 1.34. The molecule has 2 rings (SSSR count). The molecule has 0 radical (unpaired) electrons. The van der Waals surface area contributed by atoms with E-state index in [1.165, 1.54) is 5.56 Å². The number of rotatable bonds is 1. The van der Waals surface area contributed by atoms with Crippen molar-refractivity contribution < 1.29 is 0 Å². The van der Waals surface area contributed by atoms with Crippen molar-refractivity contribution in [1.29, 1.82) is 0 Å². The van der Waals surface area contributed by atoms with Gasteiger partial charge in [0, 0.05) is 24.8 Å². The van der Waals surface area contributed by atoms with Crippen LogP contribution in [0.4, 0.5) is 0 Å². The average Bonchev–Trinajstić information content (AvgIpc) is 2.19. The highest BCUT2D eigenvalue weighted by Gasteiger charge is 2.08. The van der Waals surface area contributed by atoms with Gasteiger partial charge in [0.25, 0.3) is 0 Å². The maximum atomic E-state index is 4.14. The van der Waals surface area contributed by atoms with Crippen molar-refractivity contribution >= 4 is 12.4 Å². The molecular formula is C10H11N3. The monoisotopic (exact) mass is 173 g/mol. The van der Waals surface area contributed by atoms with Crippen LogP contribution in [0, 0.1) is 6.92 Å². The summed E-state index contributed by atoms with van der Waals surface area (Å²) < 4.78 is 0. The van der Waals surface area contributed by atoms with Gasteiger partial charge in [-0.3, -0.25) is 15.0 Å². The van der Waals surface area contributed by atoms with Crippen molar-refractivity contribution in [2.45, 2.75) is 12.8 Å². The van der Waals surface area contributed by atoms with Gasteiger partial charge in [-0.25, -0.2) is 0 Å². The fraction of sp³-hybridized carbons (Fsp3) is 0.300. The van der Waals surface area contributed by atoms with Gasteiger partial charge in [0.15, 0.2) is 0 Å². The van der Waals surface area contributed by atoms with Crippen LogP contribution >= 0.6 is 0 Å². The first-order valence-corrected chi connectivity index (χ1v) is 4.28. The smallest absolute Gasteiger partial charge is 0.128 e. The van der Waals surface area contributed by atoms with Crippen LogP contribution in [0.25, 0.3) is 0 Å². The van der Waals surface area contributed by atoms with Gasteiger partial charge in [0.05, 0.1) is 5.92 Å². The van der Waals surface area contributed by atoms with Crippen LogP contribution in [-0.4, -0.2) is 24.1 Å². The molecule has 66 valence electrons. The number of hydrogen-bond acceptors (Lipinski definition) is 3. The predicted molar refractivity (Wildman–Crippen MR) is 53.6 cm³/mol. The summed E-state index contributed by atoms with van der Waals surface area (Å²) in [6.07, 6.45) is 7.55. The average molecular weight is 173 g/mol. The zero-order chi connectivity index (χ0) is 9.10. The number of pyridine rings is 1. The molecule has 2 heterocycles. The Morgan fingerprint density at radius 1 is 1.23 bits per heavy atom. The lowest BCUT2D eigenvalue weighted by Crippen LogP contribution is -2.07. The first-order chi connectivity index (χ1) is 6.36. The summed E-state index contributed by atoms with van der Waals surface area (Å²) in [5, 5.41) is 0. The van der Waals surface area contributed by atoms with Crippen LogP contribution in [0.15, 0.2) is 28.4 Å². The maximum absolute atomic E-state index is 4.14. The van der Waals surface area contributed by atoms with Gasteiger partial charge < -0.3 is 0 Å². The second kappa shape index (κ2) is 3.47. The second-order valence-corrected chi connectivity index (χ2v) is 3.13. The molecule has 0 spiro atoms. The quantitative estimate of drug-likeness (QED) is 0.635. The minimum absolute atomic E-state index is 0.209. The van der Waals surface area contributed by atoms with E-state index in [1.807, 2.05) is 31.7 Å². The number of aromatic nitrogens is 1. The Labute approximate surface area is 77.3 Å². The number of hydrogen-bond donors (Lipinski definition) is 0. The van der Waals surface area contributed by atoms with E-state index in [0.717, 1.165) is 5.56 Å². The number of nitrogens with zero attached hydrogens (tertiary/aromatic N) is 3. The predicted octanol–water partition coefficient (Wildman–Crippen LogP) is 1.59. The van der Waals surface area contributed by atoms with E-state index in [1.54, 1.807) is 0 Å². The van der Waals surface area contributed by atoms with Crippen molar-refractivity contribution in [3.05, 3.63) is 29.6 Å². The van der Waals surface area contributed by atoms with Crippen molar-refractivity contribution in [2.75, 3.05) is 6.67 Å². The molecule has 1 aliphatic heterocycles. The molecule has 0 bridgehead atoms. The highest BCUT2D eigenvalue weighted by molar-refractivity contribution is 5.91. The molecular weight excluding hydrogens is 162 g/mol. The van der Waals surface area contributed by atoms with Crippen molar-refractivity contribution in [3.63, 3.8) is 0 Å². The summed E-state index contributed by atoms with van der Waals surface area (Å²) in [6, 6.07) is 2.11. The van der Waals surface area contributed by atoms with Gasteiger partial charge in [-0.15, -0.1) is 0 Å². The standard InChI is InChI=1S/C10H11N3/c1-8-2-9(4-11-3-8)10-5-12-7-13-6-10/h2-6,10H,7H2,1H3. The van der Waals surface area contributed by atoms with E-state index in [9.17, 15) is 0 Å². The van der Waals surface area contributed by atoms with Gasteiger partial charge >= 0.3 is 0 Å². The summed E-state index contributed by atoms with van der Waals surface area (Å²) in [6.45, 7) is 2.60. The van der Waals surface area contributed by atoms with E-state index in [0.29, 0.717) is 6.67 Å². The maximum Gasteiger partial charge on any atom is 0.128 e. The third-order valence-corrected chi connectivity index (χ3v) is 1.98. The Balaban J connectivity index is 2.29. The van der Waals surface area contributed by atoms with Gasteiger partial charge in [0.2, 0.25) is 0 Å². The van der Waals surface area contributed by atoms with E-state index in [-0.39, 0.29) is 5.92 Å². The Morgan fingerprint density at radius 2 is 2.00 bits per heavy atom. The molecule has 0 aliphatic carbocycles. The van der Waals surface area contributed by atoms with Crippen molar-refractivity contribution in [3.8, 4) is 0 Å². The first-order valence-electron chi connectivity index (χ1n) is 4.28. The lowest BCUT2D eigenvalue weighted by atomic mass is 10.0. The van der Waals surface area contributed by atoms with Gasteiger partial charge in [-0.05, 0) is 18.1 Å². The molecule has 0 aromatic carbocycles. The lowest BCUT2D eigenvalue weighted by molar-refractivity contribution is 1.02. The Hall–Kier alpha value is -1.51. The molecule has 0 fully saturated rings. The van der Waals surface area contributed by atoms with Crippen LogP contribution < -0.4 is 0 Å². The minimum atomic E-state index is 0.209. The third kappa shape index (κ3) is 1.80. The molecule has 0 atom stereocenters. The van der Waals surface area contributed by atoms with E-state index >= 15 is 0 Å².